The van der Waals surface area contributed by atoms with Crippen LogP contribution in [-0.2, 0) is 6.54 Å². The van der Waals surface area contributed by atoms with Gasteiger partial charge in [-0.05, 0) is 55.5 Å². The lowest BCUT2D eigenvalue weighted by molar-refractivity contribution is 0.255. The second kappa shape index (κ2) is 6.44. The summed E-state index contributed by atoms with van der Waals surface area (Å²) < 4.78 is 13.6. The average Bonchev–Trinajstić information content (AvgIpc) is 3.12. The first kappa shape index (κ1) is 14.4. The van der Waals surface area contributed by atoms with Crippen LogP contribution in [0.1, 0.15) is 37.3 Å². The summed E-state index contributed by atoms with van der Waals surface area (Å²) in [6, 6.07) is 4.88. The fourth-order valence-electron chi connectivity index (χ4n) is 2.36. The van der Waals surface area contributed by atoms with Gasteiger partial charge in [-0.25, -0.2) is 4.39 Å². The van der Waals surface area contributed by atoms with E-state index in [0.717, 1.165) is 37.5 Å². The van der Waals surface area contributed by atoms with Gasteiger partial charge < -0.3 is 5.73 Å². The molecule has 1 fully saturated rings. The van der Waals surface area contributed by atoms with Crippen LogP contribution in [-0.4, -0.2) is 23.0 Å². The molecule has 0 radical (unpaired) electrons. The van der Waals surface area contributed by atoms with Crippen molar-refractivity contribution in [3.63, 3.8) is 0 Å². The van der Waals surface area contributed by atoms with Crippen LogP contribution in [0, 0.1) is 11.7 Å². The molecule has 1 aliphatic rings. The highest BCUT2D eigenvalue weighted by Gasteiger charge is 2.24. The molecule has 1 saturated carbocycles. The quantitative estimate of drug-likeness (QED) is 0.778. The normalized spacial score (nSPS) is 14.9. The molecule has 2 nitrogen and oxygen atoms in total. The maximum Gasteiger partial charge on any atom is 0.124 e. The molecule has 0 saturated heterocycles. The predicted molar refractivity (Wildman–Crippen MR) is 80.6 cm³/mol. The minimum atomic E-state index is -0.261. The van der Waals surface area contributed by atoms with Crippen LogP contribution >= 0.6 is 12.2 Å². The maximum absolute atomic E-state index is 13.6. The third-order valence-electron chi connectivity index (χ3n) is 3.40. The zero-order valence-corrected chi connectivity index (χ0v) is 12.2. The second-order valence-electron chi connectivity index (χ2n) is 5.39. The molecule has 0 amide bonds. The van der Waals surface area contributed by atoms with E-state index >= 15 is 0 Å². The molecule has 0 atom stereocenters. The van der Waals surface area contributed by atoms with Gasteiger partial charge in [0.2, 0.25) is 0 Å². The molecule has 0 aromatic heterocycles. The highest BCUT2D eigenvalue weighted by atomic mass is 32.1. The van der Waals surface area contributed by atoms with Crippen LogP contribution < -0.4 is 5.73 Å². The van der Waals surface area contributed by atoms with Crippen molar-refractivity contribution in [1.82, 2.24) is 4.90 Å². The molecule has 0 heterocycles. The monoisotopic (exact) mass is 280 g/mol. The molecule has 1 aromatic carbocycles. The second-order valence-corrected chi connectivity index (χ2v) is 5.83. The van der Waals surface area contributed by atoms with Crippen LogP contribution in [0.5, 0.6) is 0 Å². The van der Waals surface area contributed by atoms with Crippen molar-refractivity contribution < 1.29 is 4.39 Å². The largest absolute Gasteiger partial charge is 0.389 e. The summed E-state index contributed by atoms with van der Waals surface area (Å²) in [7, 11) is 0. The van der Waals surface area contributed by atoms with E-state index in [4.69, 9.17) is 18.0 Å². The predicted octanol–water partition coefficient (Wildman–Crippen LogP) is 3.08. The Bertz CT molecular complexity index is 457. The number of nitrogens with zero attached hydrogens (tertiary/aromatic N) is 1. The summed E-state index contributed by atoms with van der Waals surface area (Å²) in [6.07, 6.45) is 3.78. The minimum absolute atomic E-state index is 0.255. The van der Waals surface area contributed by atoms with Gasteiger partial charge in [-0.15, -0.1) is 0 Å². The number of nitrogens with two attached hydrogens (primary N) is 1. The molecule has 19 heavy (non-hydrogen) atoms. The first-order valence-electron chi connectivity index (χ1n) is 6.90. The molecule has 0 bridgehead atoms. The van der Waals surface area contributed by atoms with Crippen molar-refractivity contribution in [1.29, 1.82) is 0 Å². The van der Waals surface area contributed by atoms with Crippen molar-refractivity contribution in [3.8, 4) is 0 Å². The molecule has 2 N–H and O–H groups in total. The van der Waals surface area contributed by atoms with Crippen molar-refractivity contribution in [3.05, 3.63) is 35.1 Å². The molecule has 0 aliphatic heterocycles. The number of thiocarbonyl (C=S) groups is 1. The lowest BCUT2D eigenvalue weighted by Gasteiger charge is -2.22. The Kier molecular flexibility index (Phi) is 4.88. The smallest absolute Gasteiger partial charge is 0.124 e. The lowest BCUT2D eigenvalue weighted by atomic mass is 10.1. The number of hydrogen-bond acceptors (Lipinski definition) is 2. The summed E-state index contributed by atoms with van der Waals surface area (Å²) in [5.74, 6) is 0.582. The van der Waals surface area contributed by atoms with E-state index in [1.807, 2.05) is 6.07 Å². The van der Waals surface area contributed by atoms with Gasteiger partial charge in [0, 0.05) is 18.7 Å². The van der Waals surface area contributed by atoms with E-state index in [1.54, 1.807) is 6.07 Å². The van der Waals surface area contributed by atoms with Crippen LogP contribution in [0.4, 0.5) is 4.39 Å². The number of rotatable bonds is 7. The average molecular weight is 280 g/mol. The molecule has 1 aromatic rings. The number of hydrogen-bond donors (Lipinski definition) is 1. The highest BCUT2D eigenvalue weighted by molar-refractivity contribution is 7.80. The first-order chi connectivity index (χ1) is 9.08. The van der Waals surface area contributed by atoms with Crippen molar-refractivity contribution >= 4 is 17.2 Å². The van der Waals surface area contributed by atoms with E-state index < -0.39 is 0 Å². The Morgan fingerprint density at radius 2 is 2.16 bits per heavy atom. The number of benzene rings is 1. The summed E-state index contributed by atoms with van der Waals surface area (Å²) >= 11 is 4.92. The van der Waals surface area contributed by atoms with Gasteiger partial charge in [0.25, 0.3) is 0 Å². The van der Waals surface area contributed by atoms with Gasteiger partial charge in [0.05, 0.1) is 0 Å². The van der Waals surface area contributed by atoms with E-state index in [2.05, 4.69) is 11.8 Å². The van der Waals surface area contributed by atoms with E-state index in [9.17, 15) is 4.39 Å². The third kappa shape index (κ3) is 4.55. The maximum atomic E-state index is 13.6. The van der Waals surface area contributed by atoms with Gasteiger partial charge in [-0.1, -0.05) is 19.1 Å². The van der Waals surface area contributed by atoms with E-state index in [-0.39, 0.29) is 10.8 Å². The molecule has 2 rings (SSSR count). The minimum Gasteiger partial charge on any atom is -0.389 e. The zero-order valence-electron chi connectivity index (χ0n) is 11.4. The Balaban J connectivity index is 2.08. The fourth-order valence-corrected chi connectivity index (χ4v) is 2.48. The van der Waals surface area contributed by atoms with Gasteiger partial charge in [-0.2, -0.15) is 0 Å². The zero-order chi connectivity index (χ0) is 13.8. The first-order valence-corrected chi connectivity index (χ1v) is 7.31. The van der Waals surface area contributed by atoms with Gasteiger partial charge in [0.15, 0.2) is 0 Å². The molecular formula is C15H21FN2S. The Hall–Kier alpha value is -1.00. The van der Waals surface area contributed by atoms with E-state index in [1.165, 1.54) is 18.9 Å². The SMILES string of the molecule is CCCN(Cc1cc(F)cc(C(N)=S)c1)CC1CC1. The van der Waals surface area contributed by atoms with E-state index in [0.29, 0.717) is 5.56 Å². The van der Waals surface area contributed by atoms with Gasteiger partial charge >= 0.3 is 0 Å². The molecule has 4 heteroatoms. The lowest BCUT2D eigenvalue weighted by Crippen LogP contribution is -2.26. The van der Waals surface area contributed by atoms with Gasteiger partial charge in [-0.3, -0.25) is 4.90 Å². The number of halogens is 1. The molecule has 0 unspecified atom stereocenters. The molecule has 1 aliphatic carbocycles. The summed E-state index contributed by atoms with van der Waals surface area (Å²) in [5.41, 5.74) is 7.16. The highest BCUT2D eigenvalue weighted by Crippen LogP contribution is 2.30. The van der Waals surface area contributed by atoms with Crippen molar-refractivity contribution in [2.45, 2.75) is 32.7 Å². The van der Waals surface area contributed by atoms with Crippen molar-refractivity contribution in [2.24, 2.45) is 11.7 Å². The molecule has 0 spiro atoms. The van der Waals surface area contributed by atoms with Crippen LogP contribution in [0.15, 0.2) is 18.2 Å². The third-order valence-corrected chi connectivity index (χ3v) is 3.64. The summed E-state index contributed by atoms with van der Waals surface area (Å²) in [6.45, 7) is 5.12. The van der Waals surface area contributed by atoms with Crippen LogP contribution in [0.2, 0.25) is 0 Å². The summed E-state index contributed by atoms with van der Waals surface area (Å²) in [4.78, 5) is 2.65. The summed E-state index contributed by atoms with van der Waals surface area (Å²) in [5, 5.41) is 0. The topological polar surface area (TPSA) is 29.3 Å². The molecule has 104 valence electrons. The van der Waals surface area contributed by atoms with Gasteiger partial charge in [0.1, 0.15) is 10.8 Å². The Morgan fingerprint density at radius 1 is 1.42 bits per heavy atom. The standard InChI is InChI=1S/C15H21FN2S/c1-2-5-18(9-11-3-4-11)10-12-6-13(15(17)19)8-14(16)7-12/h6-8,11H,2-5,9-10H2,1H3,(H2,17,19). The Labute approximate surface area is 119 Å². The molecular weight excluding hydrogens is 259 g/mol. The van der Waals surface area contributed by atoms with Crippen LogP contribution in [0.3, 0.4) is 0 Å². The fraction of sp³-hybridized carbons (Fsp3) is 0.533. The Morgan fingerprint density at radius 3 is 2.74 bits per heavy atom. The van der Waals surface area contributed by atoms with Crippen LogP contribution in [0.25, 0.3) is 0 Å². The van der Waals surface area contributed by atoms with Crippen molar-refractivity contribution in [2.75, 3.05) is 13.1 Å².